The van der Waals surface area contributed by atoms with E-state index in [1.807, 2.05) is 26.8 Å². The molecule has 5 heteroatoms. The molecule has 0 saturated carbocycles. The highest BCUT2D eigenvalue weighted by Crippen LogP contribution is 2.20. The van der Waals surface area contributed by atoms with Crippen molar-refractivity contribution in [1.82, 2.24) is 4.72 Å². The molecule has 0 unspecified atom stereocenters. The van der Waals surface area contributed by atoms with Gasteiger partial charge in [0.15, 0.2) is 0 Å². The maximum atomic E-state index is 12.1. The molecule has 0 atom stereocenters. The molecule has 0 bridgehead atoms. The summed E-state index contributed by atoms with van der Waals surface area (Å²) in [5.41, 5.74) is 0.0635. The van der Waals surface area contributed by atoms with Crippen molar-refractivity contribution in [3.8, 4) is 6.07 Å². The van der Waals surface area contributed by atoms with Gasteiger partial charge in [0.1, 0.15) is 6.07 Å². The van der Waals surface area contributed by atoms with Crippen molar-refractivity contribution in [2.75, 3.05) is 6.54 Å². The molecule has 98 valence electrons. The van der Waals surface area contributed by atoms with E-state index in [2.05, 4.69) is 4.72 Å². The second-order valence-corrected chi connectivity index (χ2v) is 6.69. The van der Waals surface area contributed by atoms with Crippen LogP contribution in [0.4, 0.5) is 0 Å². The summed E-state index contributed by atoms with van der Waals surface area (Å²) in [5.74, 6) is 0. The number of sulfonamides is 1. The van der Waals surface area contributed by atoms with Crippen LogP contribution in [0, 0.1) is 16.7 Å². The Morgan fingerprint density at radius 1 is 1.33 bits per heavy atom. The van der Waals surface area contributed by atoms with Crippen molar-refractivity contribution in [3.63, 3.8) is 0 Å². The quantitative estimate of drug-likeness (QED) is 0.888. The topological polar surface area (TPSA) is 70.0 Å². The summed E-state index contributed by atoms with van der Waals surface area (Å²) in [6.07, 6.45) is 0.870. The zero-order valence-electron chi connectivity index (χ0n) is 10.9. The normalized spacial score (nSPS) is 12.1. The monoisotopic (exact) mass is 266 g/mol. The van der Waals surface area contributed by atoms with Crippen LogP contribution in [0.25, 0.3) is 0 Å². The van der Waals surface area contributed by atoms with Crippen molar-refractivity contribution in [1.29, 1.82) is 5.26 Å². The van der Waals surface area contributed by atoms with Gasteiger partial charge in [-0.3, -0.25) is 0 Å². The van der Waals surface area contributed by atoms with E-state index in [-0.39, 0.29) is 15.9 Å². The maximum absolute atomic E-state index is 12.1. The summed E-state index contributed by atoms with van der Waals surface area (Å²) in [5, 5.41) is 8.91. The number of hydrogen-bond donors (Lipinski definition) is 1. The van der Waals surface area contributed by atoms with E-state index in [1.165, 1.54) is 12.1 Å². The molecule has 0 radical (unpaired) electrons. The first-order valence-corrected chi connectivity index (χ1v) is 7.29. The minimum absolute atomic E-state index is 0.0411. The summed E-state index contributed by atoms with van der Waals surface area (Å²) in [4.78, 5) is 0.0411. The lowest BCUT2D eigenvalue weighted by molar-refractivity contribution is 0.350. The minimum atomic E-state index is -3.62. The van der Waals surface area contributed by atoms with Crippen molar-refractivity contribution in [2.24, 2.45) is 5.41 Å². The first kappa shape index (κ1) is 14.7. The van der Waals surface area contributed by atoms with Gasteiger partial charge in [-0.25, -0.2) is 13.1 Å². The molecule has 1 N–H and O–H groups in total. The molecule has 18 heavy (non-hydrogen) atoms. The summed E-state index contributed by atoms with van der Waals surface area (Å²) in [6, 6.07) is 8.10. The van der Waals surface area contributed by atoms with Gasteiger partial charge in [-0.1, -0.05) is 32.9 Å². The van der Waals surface area contributed by atoms with Gasteiger partial charge in [-0.2, -0.15) is 5.26 Å². The number of nitriles is 1. The summed E-state index contributed by atoms with van der Waals surface area (Å²) < 4.78 is 26.8. The third-order valence-corrected chi connectivity index (χ3v) is 4.45. The van der Waals surface area contributed by atoms with Crippen LogP contribution in [0.5, 0.6) is 0 Å². The van der Waals surface area contributed by atoms with E-state index in [0.29, 0.717) is 6.54 Å². The zero-order chi connectivity index (χ0) is 13.8. The molecule has 0 heterocycles. The molecule has 4 nitrogen and oxygen atoms in total. The molecule has 0 aliphatic heterocycles. The molecule has 0 amide bonds. The van der Waals surface area contributed by atoms with Crippen molar-refractivity contribution in [2.45, 2.75) is 32.1 Å². The highest BCUT2D eigenvalue weighted by atomic mass is 32.2. The van der Waals surface area contributed by atoms with Crippen LogP contribution in [0.2, 0.25) is 0 Å². The van der Waals surface area contributed by atoms with Crippen molar-refractivity contribution in [3.05, 3.63) is 29.8 Å². The Kier molecular flexibility index (Phi) is 4.49. The number of nitrogens with zero attached hydrogens (tertiary/aromatic N) is 1. The predicted octanol–water partition coefficient (Wildman–Crippen LogP) is 2.27. The molecular weight excluding hydrogens is 248 g/mol. The first-order chi connectivity index (χ1) is 8.32. The average Bonchev–Trinajstić information content (AvgIpc) is 2.37. The van der Waals surface area contributed by atoms with Gasteiger partial charge >= 0.3 is 0 Å². The lowest BCUT2D eigenvalue weighted by atomic mass is 9.91. The highest BCUT2D eigenvalue weighted by molar-refractivity contribution is 7.89. The third-order valence-electron chi connectivity index (χ3n) is 2.99. The molecular formula is C13H18N2O2S. The van der Waals surface area contributed by atoms with Gasteiger partial charge in [0.05, 0.1) is 10.5 Å². The van der Waals surface area contributed by atoms with Gasteiger partial charge in [-0.05, 0) is 24.0 Å². The van der Waals surface area contributed by atoms with Crippen LogP contribution < -0.4 is 4.72 Å². The van der Waals surface area contributed by atoms with E-state index in [1.54, 1.807) is 12.1 Å². The van der Waals surface area contributed by atoms with E-state index in [9.17, 15) is 8.42 Å². The molecule has 0 saturated heterocycles. The minimum Gasteiger partial charge on any atom is -0.211 e. The Balaban J connectivity index is 2.98. The Labute approximate surface area is 109 Å². The van der Waals surface area contributed by atoms with Crippen LogP contribution in [0.1, 0.15) is 32.8 Å². The van der Waals surface area contributed by atoms with E-state index >= 15 is 0 Å². The Morgan fingerprint density at radius 3 is 2.50 bits per heavy atom. The second-order valence-electron chi connectivity index (χ2n) is 4.95. The summed E-state index contributed by atoms with van der Waals surface area (Å²) in [6.45, 7) is 6.35. The van der Waals surface area contributed by atoms with Crippen LogP contribution in [-0.4, -0.2) is 15.0 Å². The number of hydrogen-bond acceptors (Lipinski definition) is 3. The Morgan fingerprint density at radius 2 is 1.94 bits per heavy atom. The molecule has 0 aliphatic rings. The van der Waals surface area contributed by atoms with Crippen LogP contribution in [0.15, 0.2) is 29.2 Å². The third kappa shape index (κ3) is 3.56. The fraction of sp³-hybridized carbons (Fsp3) is 0.462. The van der Waals surface area contributed by atoms with Gasteiger partial charge in [0, 0.05) is 6.54 Å². The molecule has 1 rings (SSSR count). The lowest BCUT2D eigenvalue weighted by Crippen LogP contribution is -2.34. The molecule has 0 aliphatic carbocycles. The summed E-state index contributed by atoms with van der Waals surface area (Å²) in [7, 11) is -3.62. The van der Waals surface area contributed by atoms with Gasteiger partial charge in [0.2, 0.25) is 10.0 Å². The molecule has 0 aromatic heterocycles. The van der Waals surface area contributed by atoms with Crippen LogP contribution in [-0.2, 0) is 10.0 Å². The molecule has 0 spiro atoms. The average molecular weight is 266 g/mol. The Hall–Kier alpha value is -1.38. The lowest BCUT2D eigenvalue weighted by Gasteiger charge is -2.22. The number of nitrogens with one attached hydrogen (secondary N) is 1. The predicted molar refractivity (Wildman–Crippen MR) is 70.4 cm³/mol. The summed E-state index contributed by atoms with van der Waals surface area (Å²) >= 11 is 0. The molecule has 1 aromatic carbocycles. The standard InChI is InChI=1S/C13H18N2O2S/c1-4-13(2,3)10-15-18(16,17)12-8-6-5-7-11(12)9-14/h5-8,15H,4,10H2,1-3H3. The molecule has 0 fully saturated rings. The van der Waals surface area contributed by atoms with Crippen LogP contribution >= 0.6 is 0 Å². The van der Waals surface area contributed by atoms with Crippen LogP contribution in [0.3, 0.4) is 0 Å². The van der Waals surface area contributed by atoms with E-state index in [0.717, 1.165) is 6.42 Å². The first-order valence-electron chi connectivity index (χ1n) is 5.81. The fourth-order valence-corrected chi connectivity index (χ4v) is 2.68. The second kappa shape index (κ2) is 5.51. The van der Waals surface area contributed by atoms with Gasteiger partial charge in [0.25, 0.3) is 0 Å². The van der Waals surface area contributed by atoms with Crippen molar-refractivity contribution >= 4 is 10.0 Å². The SMILES string of the molecule is CCC(C)(C)CNS(=O)(=O)c1ccccc1C#N. The maximum Gasteiger partial charge on any atom is 0.241 e. The van der Waals surface area contributed by atoms with E-state index in [4.69, 9.17) is 5.26 Å². The van der Waals surface area contributed by atoms with Gasteiger partial charge in [-0.15, -0.1) is 0 Å². The van der Waals surface area contributed by atoms with Crippen molar-refractivity contribution < 1.29 is 8.42 Å². The largest absolute Gasteiger partial charge is 0.241 e. The highest BCUT2D eigenvalue weighted by Gasteiger charge is 2.22. The number of benzene rings is 1. The smallest absolute Gasteiger partial charge is 0.211 e. The zero-order valence-corrected chi connectivity index (χ0v) is 11.7. The molecule has 1 aromatic rings. The van der Waals surface area contributed by atoms with Gasteiger partial charge < -0.3 is 0 Å². The van der Waals surface area contributed by atoms with E-state index < -0.39 is 10.0 Å². The fourth-order valence-electron chi connectivity index (χ4n) is 1.29. The number of rotatable bonds is 5. The Bertz CT molecular complexity index is 557.